The molecule has 6 heteroatoms. The van der Waals surface area contributed by atoms with Crippen LogP contribution >= 0.6 is 23.7 Å². The fraction of sp³-hybridized carbons (Fsp3) is 0.571. The van der Waals surface area contributed by atoms with E-state index < -0.39 is 0 Å². The van der Waals surface area contributed by atoms with Gasteiger partial charge in [0.25, 0.3) is 0 Å². The Bertz CT molecular complexity index is 417. The summed E-state index contributed by atoms with van der Waals surface area (Å²) in [6.07, 6.45) is 2.82. The quantitative estimate of drug-likeness (QED) is 0.759. The normalized spacial score (nSPS) is 17.5. The van der Waals surface area contributed by atoms with Gasteiger partial charge in [-0.2, -0.15) is 0 Å². The van der Waals surface area contributed by atoms with Crippen LogP contribution in [-0.2, 0) is 4.79 Å². The van der Waals surface area contributed by atoms with E-state index in [4.69, 9.17) is 0 Å². The third kappa shape index (κ3) is 5.61. The van der Waals surface area contributed by atoms with Gasteiger partial charge in [-0.3, -0.25) is 9.59 Å². The van der Waals surface area contributed by atoms with Crippen molar-refractivity contribution >= 4 is 35.4 Å². The van der Waals surface area contributed by atoms with Gasteiger partial charge < -0.3 is 10.6 Å². The molecule has 1 saturated heterocycles. The lowest BCUT2D eigenvalue weighted by Crippen LogP contribution is -2.26. The van der Waals surface area contributed by atoms with Crippen LogP contribution in [0.3, 0.4) is 0 Å². The molecule has 1 aliphatic rings. The smallest absolute Gasteiger partial charge is 0.220 e. The first kappa shape index (κ1) is 17.1. The molecular formula is C14H21ClN2O2S. The van der Waals surface area contributed by atoms with Crippen LogP contribution in [0, 0.1) is 5.92 Å². The summed E-state index contributed by atoms with van der Waals surface area (Å²) in [6.45, 7) is 2.87. The third-order valence-electron chi connectivity index (χ3n) is 3.41. The highest BCUT2D eigenvalue weighted by atomic mass is 35.5. The minimum atomic E-state index is -0.0177. The van der Waals surface area contributed by atoms with Crippen LogP contribution in [0.4, 0.5) is 0 Å². The molecule has 2 heterocycles. The maximum Gasteiger partial charge on any atom is 0.220 e. The highest BCUT2D eigenvalue weighted by Crippen LogP contribution is 2.13. The molecule has 2 rings (SSSR count). The Balaban J connectivity index is 0.00000200. The number of nitrogens with one attached hydrogen (secondary N) is 2. The summed E-state index contributed by atoms with van der Waals surface area (Å²) in [6, 6.07) is 3.66. The Kier molecular flexibility index (Phi) is 7.80. The monoisotopic (exact) mass is 316 g/mol. The molecule has 0 spiro atoms. The molecule has 1 aliphatic heterocycles. The molecule has 1 aromatic rings. The molecule has 2 N–H and O–H groups in total. The Morgan fingerprint density at radius 3 is 2.90 bits per heavy atom. The maximum atomic E-state index is 11.7. The molecule has 0 saturated carbocycles. The Morgan fingerprint density at radius 1 is 1.40 bits per heavy atom. The first-order chi connectivity index (χ1) is 9.25. The number of carbonyl (C=O) groups is 2. The lowest BCUT2D eigenvalue weighted by atomic mass is 10.1. The molecule has 4 nitrogen and oxygen atoms in total. The van der Waals surface area contributed by atoms with Gasteiger partial charge in [-0.05, 0) is 43.3 Å². The number of thiophene rings is 1. The molecule has 0 bridgehead atoms. The second-order valence-corrected chi connectivity index (χ2v) is 5.85. The zero-order valence-corrected chi connectivity index (χ0v) is 13.0. The molecule has 1 amide bonds. The Morgan fingerprint density at radius 2 is 2.25 bits per heavy atom. The summed E-state index contributed by atoms with van der Waals surface area (Å²) < 4.78 is 0. The first-order valence-corrected chi connectivity index (χ1v) is 7.68. The molecule has 0 aliphatic carbocycles. The van der Waals surface area contributed by atoms with E-state index in [1.54, 1.807) is 6.07 Å². The summed E-state index contributed by atoms with van der Waals surface area (Å²) in [5.74, 6) is 0.731. The van der Waals surface area contributed by atoms with Crippen molar-refractivity contribution < 1.29 is 9.59 Å². The standard InChI is InChI=1S/C14H20N2O2S.ClH/c17-12(13-2-1-9-19-13)3-4-14(18)16-8-6-11-5-7-15-10-11;/h1-2,9,11,15H,3-8,10H2,(H,16,18);1H. The van der Waals surface area contributed by atoms with Crippen LogP contribution in [0.25, 0.3) is 0 Å². The van der Waals surface area contributed by atoms with Gasteiger partial charge in [-0.1, -0.05) is 6.07 Å². The summed E-state index contributed by atoms with van der Waals surface area (Å²) in [5, 5.41) is 8.08. The number of amides is 1. The van der Waals surface area contributed by atoms with Crippen LogP contribution in [0.15, 0.2) is 17.5 Å². The Labute approximate surface area is 129 Å². The predicted octanol–water partition coefficient (Wildman–Crippen LogP) is 2.25. The first-order valence-electron chi connectivity index (χ1n) is 6.80. The van der Waals surface area contributed by atoms with Gasteiger partial charge in [-0.15, -0.1) is 23.7 Å². The van der Waals surface area contributed by atoms with Crippen LogP contribution in [-0.4, -0.2) is 31.3 Å². The van der Waals surface area contributed by atoms with Crippen molar-refractivity contribution in [1.82, 2.24) is 10.6 Å². The highest BCUT2D eigenvalue weighted by Gasteiger charge is 2.14. The van der Waals surface area contributed by atoms with Gasteiger partial charge in [0.05, 0.1) is 4.88 Å². The van der Waals surface area contributed by atoms with E-state index in [9.17, 15) is 9.59 Å². The van der Waals surface area contributed by atoms with Crippen LogP contribution in [0.5, 0.6) is 0 Å². The van der Waals surface area contributed by atoms with Crippen molar-refractivity contribution in [2.75, 3.05) is 19.6 Å². The van der Waals surface area contributed by atoms with Gasteiger partial charge in [0.15, 0.2) is 5.78 Å². The van der Waals surface area contributed by atoms with Gasteiger partial charge in [-0.25, -0.2) is 0 Å². The van der Waals surface area contributed by atoms with Crippen molar-refractivity contribution in [3.8, 4) is 0 Å². The number of hydrogen-bond acceptors (Lipinski definition) is 4. The van der Waals surface area contributed by atoms with Gasteiger partial charge in [0, 0.05) is 19.4 Å². The van der Waals surface area contributed by atoms with E-state index in [1.807, 2.05) is 11.4 Å². The minimum Gasteiger partial charge on any atom is -0.356 e. The minimum absolute atomic E-state index is 0. The fourth-order valence-electron chi connectivity index (χ4n) is 2.25. The van der Waals surface area contributed by atoms with E-state index in [0.29, 0.717) is 18.8 Å². The lowest BCUT2D eigenvalue weighted by Gasteiger charge is -2.09. The third-order valence-corrected chi connectivity index (χ3v) is 4.32. The van der Waals surface area contributed by atoms with Crippen molar-refractivity contribution in [2.24, 2.45) is 5.92 Å². The Hall–Kier alpha value is -0.910. The van der Waals surface area contributed by atoms with Crippen LogP contribution in [0.2, 0.25) is 0 Å². The second-order valence-electron chi connectivity index (χ2n) is 4.90. The van der Waals surface area contributed by atoms with E-state index in [2.05, 4.69) is 10.6 Å². The zero-order valence-electron chi connectivity index (χ0n) is 11.4. The van der Waals surface area contributed by atoms with Crippen molar-refractivity contribution in [1.29, 1.82) is 0 Å². The number of rotatable bonds is 7. The molecule has 1 unspecified atom stereocenters. The van der Waals surface area contributed by atoms with Crippen LogP contribution in [0.1, 0.15) is 35.4 Å². The summed E-state index contributed by atoms with van der Waals surface area (Å²) in [5.41, 5.74) is 0. The maximum absolute atomic E-state index is 11.7. The molecule has 0 aromatic carbocycles. The summed E-state index contributed by atoms with van der Waals surface area (Å²) in [4.78, 5) is 24.1. The average Bonchev–Trinajstić information content (AvgIpc) is 3.08. The fourth-order valence-corrected chi connectivity index (χ4v) is 2.95. The molecule has 1 aromatic heterocycles. The van der Waals surface area contributed by atoms with Crippen molar-refractivity contribution in [3.05, 3.63) is 22.4 Å². The molecule has 112 valence electrons. The molecule has 20 heavy (non-hydrogen) atoms. The number of ketones is 1. The van der Waals surface area contributed by atoms with Crippen molar-refractivity contribution in [3.63, 3.8) is 0 Å². The molecule has 0 radical (unpaired) electrons. The van der Waals surface area contributed by atoms with Crippen LogP contribution < -0.4 is 10.6 Å². The second kappa shape index (κ2) is 9.10. The average molecular weight is 317 g/mol. The van der Waals surface area contributed by atoms with Crippen molar-refractivity contribution in [2.45, 2.75) is 25.7 Å². The van der Waals surface area contributed by atoms with Gasteiger partial charge in [0.1, 0.15) is 0 Å². The van der Waals surface area contributed by atoms with E-state index in [0.717, 1.165) is 30.9 Å². The van der Waals surface area contributed by atoms with Gasteiger partial charge in [0.2, 0.25) is 5.91 Å². The molecule has 1 fully saturated rings. The highest BCUT2D eigenvalue weighted by molar-refractivity contribution is 7.12. The number of halogens is 1. The summed E-state index contributed by atoms with van der Waals surface area (Å²) in [7, 11) is 0. The largest absolute Gasteiger partial charge is 0.356 e. The number of hydrogen-bond donors (Lipinski definition) is 2. The zero-order chi connectivity index (χ0) is 13.5. The SMILES string of the molecule is Cl.O=C(CCC(=O)c1cccs1)NCCC1CCNC1. The molecular weight excluding hydrogens is 296 g/mol. The molecule has 1 atom stereocenters. The summed E-state index contributed by atoms with van der Waals surface area (Å²) >= 11 is 1.43. The van der Waals surface area contributed by atoms with Gasteiger partial charge >= 0.3 is 0 Å². The predicted molar refractivity (Wildman–Crippen MR) is 83.7 cm³/mol. The van der Waals surface area contributed by atoms with E-state index >= 15 is 0 Å². The number of Topliss-reactive ketones (excluding diaryl/α,β-unsaturated/α-hetero) is 1. The number of carbonyl (C=O) groups excluding carboxylic acids is 2. The topological polar surface area (TPSA) is 58.2 Å². The lowest BCUT2D eigenvalue weighted by molar-refractivity contribution is -0.121. The van der Waals surface area contributed by atoms with E-state index in [-0.39, 0.29) is 24.1 Å². The van der Waals surface area contributed by atoms with E-state index in [1.165, 1.54) is 17.8 Å².